The number of nitrogens with zero attached hydrogens (tertiary/aromatic N) is 1. The largest absolute Gasteiger partial charge is 0.341 e. The highest BCUT2D eigenvalue weighted by molar-refractivity contribution is 5.76. The molecule has 20 heavy (non-hydrogen) atoms. The lowest BCUT2D eigenvalue weighted by molar-refractivity contribution is 0.601. The van der Waals surface area contributed by atoms with E-state index >= 15 is 0 Å². The number of aryl methyl sites for hydroxylation is 1. The van der Waals surface area contributed by atoms with Crippen molar-refractivity contribution in [1.29, 1.82) is 0 Å². The number of nitrogens with one attached hydrogen (secondary N) is 1. The number of H-pyrrole nitrogens is 1. The van der Waals surface area contributed by atoms with E-state index in [2.05, 4.69) is 68.2 Å². The average molecular weight is 264 g/mol. The summed E-state index contributed by atoms with van der Waals surface area (Å²) in [5.74, 6) is 1.02. The smallest absolute Gasteiger partial charge is 0.117 e. The lowest BCUT2D eigenvalue weighted by Gasteiger charge is -2.22. The predicted octanol–water partition coefficient (Wildman–Crippen LogP) is 4.45. The summed E-state index contributed by atoms with van der Waals surface area (Å²) in [5.41, 5.74) is 4.66. The molecule has 1 N–H and O–H groups in total. The SMILES string of the molecule is CCc1ccc2nc(C(C)(C)c3ccccc3)[nH]c2c1. The summed E-state index contributed by atoms with van der Waals surface area (Å²) in [6.07, 6.45) is 1.05. The van der Waals surface area contributed by atoms with Crippen LogP contribution in [-0.2, 0) is 11.8 Å². The van der Waals surface area contributed by atoms with E-state index in [9.17, 15) is 0 Å². The predicted molar refractivity (Wildman–Crippen MR) is 84.0 cm³/mol. The van der Waals surface area contributed by atoms with Gasteiger partial charge in [0.15, 0.2) is 0 Å². The van der Waals surface area contributed by atoms with Crippen LogP contribution >= 0.6 is 0 Å². The van der Waals surface area contributed by atoms with E-state index in [0.29, 0.717) is 0 Å². The first-order valence-electron chi connectivity index (χ1n) is 7.16. The topological polar surface area (TPSA) is 28.7 Å². The van der Waals surface area contributed by atoms with Crippen molar-refractivity contribution in [3.63, 3.8) is 0 Å². The minimum absolute atomic E-state index is 0.118. The first-order valence-corrected chi connectivity index (χ1v) is 7.16. The van der Waals surface area contributed by atoms with Crippen LogP contribution in [0.4, 0.5) is 0 Å². The van der Waals surface area contributed by atoms with Crippen LogP contribution in [0.15, 0.2) is 48.5 Å². The van der Waals surface area contributed by atoms with E-state index in [1.54, 1.807) is 0 Å². The first kappa shape index (κ1) is 12.9. The fourth-order valence-corrected chi connectivity index (χ4v) is 2.56. The number of hydrogen-bond acceptors (Lipinski definition) is 1. The number of fused-ring (bicyclic) bond motifs is 1. The van der Waals surface area contributed by atoms with Gasteiger partial charge in [-0.05, 0) is 43.5 Å². The van der Waals surface area contributed by atoms with Gasteiger partial charge in [-0.15, -0.1) is 0 Å². The van der Waals surface area contributed by atoms with Gasteiger partial charge in [0.25, 0.3) is 0 Å². The Balaban J connectivity index is 2.10. The molecule has 0 unspecified atom stereocenters. The normalized spacial score (nSPS) is 11.9. The molecule has 2 heteroatoms. The zero-order valence-electron chi connectivity index (χ0n) is 12.3. The second-order valence-electron chi connectivity index (χ2n) is 5.78. The molecule has 0 radical (unpaired) electrons. The molecule has 0 atom stereocenters. The van der Waals surface area contributed by atoms with Crippen LogP contribution < -0.4 is 0 Å². The standard InChI is InChI=1S/C18H20N2/c1-4-13-10-11-15-16(12-13)20-17(19-15)18(2,3)14-8-6-5-7-9-14/h5-12H,4H2,1-3H3,(H,19,20). The molecule has 0 aliphatic rings. The van der Waals surface area contributed by atoms with E-state index in [-0.39, 0.29) is 5.41 Å². The highest BCUT2D eigenvalue weighted by Gasteiger charge is 2.26. The number of hydrogen-bond donors (Lipinski definition) is 1. The second kappa shape index (κ2) is 4.78. The molecule has 2 aromatic carbocycles. The van der Waals surface area contributed by atoms with Crippen LogP contribution in [0.5, 0.6) is 0 Å². The van der Waals surface area contributed by atoms with Crippen LogP contribution in [0.3, 0.4) is 0 Å². The average Bonchev–Trinajstić information content (AvgIpc) is 2.91. The molecule has 0 aliphatic heterocycles. The van der Waals surface area contributed by atoms with Crippen molar-refractivity contribution in [2.24, 2.45) is 0 Å². The maximum atomic E-state index is 4.78. The van der Waals surface area contributed by atoms with Crippen LogP contribution in [0.1, 0.15) is 37.7 Å². The Morgan fingerprint density at radius 2 is 1.80 bits per heavy atom. The van der Waals surface area contributed by atoms with Crippen LogP contribution in [0.25, 0.3) is 11.0 Å². The van der Waals surface area contributed by atoms with Gasteiger partial charge in [0.1, 0.15) is 5.82 Å². The Morgan fingerprint density at radius 3 is 2.50 bits per heavy atom. The minimum atomic E-state index is -0.118. The molecule has 0 fully saturated rings. The summed E-state index contributed by atoms with van der Waals surface area (Å²) in [4.78, 5) is 8.28. The molecule has 1 aromatic heterocycles. The van der Waals surface area contributed by atoms with E-state index in [4.69, 9.17) is 4.98 Å². The van der Waals surface area contributed by atoms with E-state index < -0.39 is 0 Å². The molecule has 2 nitrogen and oxygen atoms in total. The van der Waals surface area contributed by atoms with Gasteiger partial charge in [0, 0.05) is 5.41 Å². The van der Waals surface area contributed by atoms with Gasteiger partial charge in [-0.2, -0.15) is 0 Å². The first-order chi connectivity index (χ1) is 9.61. The van der Waals surface area contributed by atoms with Crippen molar-refractivity contribution in [2.75, 3.05) is 0 Å². The van der Waals surface area contributed by atoms with Gasteiger partial charge in [0.2, 0.25) is 0 Å². The van der Waals surface area contributed by atoms with Gasteiger partial charge in [-0.1, -0.05) is 43.3 Å². The third kappa shape index (κ3) is 2.11. The fraction of sp³-hybridized carbons (Fsp3) is 0.278. The molecule has 0 aliphatic carbocycles. The van der Waals surface area contributed by atoms with Crippen LogP contribution in [0, 0.1) is 0 Å². The molecular formula is C18H20N2. The second-order valence-corrected chi connectivity index (χ2v) is 5.78. The summed E-state index contributed by atoms with van der Waals surface area (Å²) < 4.78 is 0. The highest BCUT2D eigenvalue weighted by atomic mass is 14.9. The highest BCUT2D eigenvalue weighted by Crippen LogP contribution is 2.30. The van der Waals surface area contributed by atoms with E-state index in [1.165, 1.54) is 11.1 Å². The van der Waals surface area contributed by atoms with Crippen molar-refractivity contribution in [2.45, 2.75) is 32.6 Å². The summed E-state index contributed by atoms with van der Waals surface area (Å²) in [7, 11) is 0. The monoisotopic (exact) mass is 264 g/mol. The third-order valence-corrected chi connectivity index (χ3v) is 4.04. The van der Waals surface area contributed by atoms with Gasteiger partial charge < -0.3 is 4.98 Å². The Kier molecular flexibility index (Phi) is 3.09. The third-order valence-electron chi connectivity index (χ3n) is 4.04. The van der Waals surface area contributed by atoms with Crippen molar-refractivity contribution >= 4 is 11.0 Å². The van der Waals surface area contributed by atoms with Crippen LogP contribution in [0.2, 0.25) is 0 Å². The molecule has 102 valence electrons. The molecule has 3 aromatic rings. The summed E-state index contributed by atoms with van der Waals surface area (Å²) in [6.45, 7) is 6.59. The Bertz CT molecular complexity index is 724. The fourth-order valence-electron chi connectivity index (χ4n) is 2.56. The van der Waals surface area contributed by atoms with Crippen molar-refractivity contribution in [3.05, 3.63) is 65.5 Å². The lowest BCUT2D eigenvalue weighted by Crippen LogP contribution is -2.20. The number of benzene rings is 2. The molecule has 0 bridgehead atoms. The van der Waals surface area contributed by atoms with E-state index in [1.807, 2.05) is 6.07 Å². The molecule has 0 amide bonds. The zero-order chi connectivity index (χ0) is 14.2. The van der Waals surface area contributed by atoms with Crippen LogP contribution in [-0.4, -0.2) is 9.97 Å². The number of imidazole rings is 1. The van der Waals surface area contributed by atoms with Crippen molar-refractivity contribution < 1.29 is 0 Å². The molecule has 3 rings (SSSR count). The van der Waals surface area contributed by atoms with Gasteiger partial charge >= 0.3 is 0 Å². The van der Waals surface area contributed by atoms with Gasteiger partial charge in [0.05, 0.1) is 11.0 Å². The summed E-state index contributed by atoms with van der Waals surface area (Å²) in [6, 6.07) is 17.0. The lowest BCUT2D eigenvalue weighted by atomic mass is 9.84. The maximum Gasteiger partial charge on any atom is 0.117 e. The molecule has 0 saturated heterocycles. The minimum Gasteiger partial charge on any atom is -0.341 e. The van der Waals surface area contributed by atoms with Gasteiger partial charge in [-0.3, -0.25) is 0 Å². The summed E-state index contributed by atoms with van der Waals surface area (Å²) >= 11 is 0. The maximum absolute atomic E-state index is 4.78. The van der Waals surface area contributed by atoms with Crippen molar-refractivity contribution in [3.8, 4) is 0 Å². The Labute approximate surface area is 119 Å². The molecule has 1 heterocycles. The van der Waals surface area contributed by atoms with E-state index in [0.717, 1.165) is 23.3 Å². The quantitative estimate of drug-likeness (QED) is 0.743. The molecule has 0 spiro atoms. The molecule has 0 saturated carbocycles. The Hall–Kier alpha value is -2.09. The number of rotatable bonds is 3. The zero-order valence-corrected chi connectivity index (χ0v) is 12.3. The van der Waals surface area contributed by atoms with Gasteiger partial charge in [-0.25, -0.2) is 4.98 Å². The number of aromatic nitrogens is 2. The number of aromatic amines is 1. The molecular weight excluding hydrogens is 244 g/mol. The Morgan fingerprint density at radius 1 is 1.05 bits per heavy atom. The van der Waals surface area contributed by atoms with Crippen molar-refractivity contribution in [1.82, 2.24) is 9.97 Å². The summed E-state index contributed by atoms with van der Waals surface area (Å²) in [5, 5.41) is 0.